The first-order chi connectivity index (χ1) is 15.9. The van der Waals surface area contributed by atoms with Crippen LogP contribution >= 0.6 is 0 Å². The van der Waals surface area contributed by atoms with E-state index in [1.165, 1.54) is 32.8 Å². The second-order valence-electron chi connectivity index (χ2n) is 9.03. The average molecular weight is 449 g/mol. The summed E-state index contributed by atoms with van der Waals surface area (Å²) < 4.78 is 12.5. The predicted molar refractivity (Wildman–Crippen MR) is 129 cm³/mol. The largest absolute Gasteiger partial charge is 0.496 e. The molecule has 4 rings (SSSR count). The number of aromatic nitrogens is 1. The molecule has 1 aliphatic carbocycles. The van der Waals surface area contributed by atoms with Gasteiger partial charge in [-0.05, 0) is 60.2 Å². The number of nitrogens with zero attached hydrogens (tertiary/aromatic N) is 2. The second-order valence-corrected chi connectivity index (χ2v) is 9.03. The van der Waals surface area contributed by atoms with E-state index in [1.807, 2.05) is 43.3 Å². The predicted octanol–water partition coefficient (Wildman–Crippen LogP) is 4.83. The van der Waals surface area contributed by atoms with E-state index in [4.69, 9.17) is 9.47 Å². The Morgan fingerprint density at radius 2 is 1.76 bits per heavy atom. The molecule has 33 heavy (non-hydrogen) atoms. The molecule has 1 saturated carbocycles. The van der Waals surface area contributed by atoms with Gasteiger partial charge in [-0.3, -0.25) is 4.79 Å². The molecular weight excluding hydrogens is 416 g/mol. The van der Waals surface area contributed by atoms with Crippen molar-refractivity contribution in [1.29, 1.82) is 0 Å². The minimum Gasteiger partial charge on any atom is -0.496 e. The smallest absolute Gasteiger partial charge is 0.337 e. The third-order valence-electron chi connectivity index (χ3n) is 6.76. The third kappa shape index (κ3) is 4.75. The van der Waals surface area contributed by atoms with E-state index in [0.29, 0.717) is 29.2 Å². The van der Waals surface area contributed by atoms with E-state index in [2.05, 4.69) is 10.8 Å². The van der Waals surface area contributed by atoms with Crippen LogP contribution in [0.1, 0.15) is 57.5 Å². The Labute approximate surface area is 195 Å². The van der Waals surface area contributed by atoms with Crippen LogP contribution in [0.25, 0.3) is 10.9 Å². The highest BCUT2D eigenvalue weighted by atomic mass is 16.5. The zero-order valence-corrected chi connectivity index (χ0v) is 19.9. The Morgan fingerprint density at radius 1 is 1.03 bits per heavy atom. The molecule has 1 aromatic heterocycles. The Morgan fingerprint density at radius 3 is 2.45 bits per heavy atom. The topological polar surface area (TPSA) is 60.8 Å². The van der Waals surface area contributed by atoms with Crippen LogP contribution in [0.3, 0.4) is 0 Å². The molecule has 0 spiro atoms. The molecule has 1 aliphatic rings. The molecule has 174 valence electrons. The molecule has 1 heterocycles. The number of aryl methyl sites for hydroxylation is 1. The molecule has 6 nitrogen and oxygen atoms in total. The molecular formula is C27H32N2O4. The van der Waals surface area contributed by atoms with E-state index < -0.39 is 5.97 Å². The van der Waals surface area contributed by atoms with Crippen molar-refractivity contribution in [2.45, 2.75) is 32.1 Å². The lowest BCUT2D eigenvalue weighted by Crippen LogP contribution is -2.31. The van der Waals surface area contributed by atoms with Crippen LogP contribution < -0.4 is 4.74 Å². The monoisotopic (exact) mass is 448 g/mol. The van der Waals surface area contributed by atoms with Crippen molar-refractivity contribution in [3.8, 4) is 5.75 Å². The van der Waals surface area contributed by atoms with Gasteiger partial charge in [0.1, 0.15) is 5.75 Å². The summed E-state index contributed by atoms with van der Waals surface area (Å²) in [6.45, 7) is 0.822. The van der Waals surface area contributed by atoms with Gasteiger partial charge in [0.05, 0.1) is 19.8 Å². The molecule has 1 amide bonds. The number of fused-ring (bicyclic) bond motifs is 1. The van der Waals surface area contributed by atoms with Crippen LogP contribution in [-0.4, -0.2) is 49.2 Å². The number of hydrogen-bond acceptors (Lipinski definition) is 4. The highest BCUT2D eigenvalue weighted by Gasteiger charge is 2.21. The fourth-order valence-corrected chi connectivity index (χ4v) is 4.97. The minimum atomic E-state index is -0.394. The molecule has 0 atom stereocenters. The van der Waals surface area contributed by atoms with Crippen molar-refractivity contribution in [3.05, 3.63) is 64.8 Å². The van der Waals surface area contributed by atoms with Gasteiger partial charge < -0.3 is 18.9 Å². The van der Waals surface area contributed by atoms with E-state index in [0.717, 1.165) is 28.6 Å². The molecule has 0 saturated heterocycles. The van der Waals surface area contributed by atoms with Gasteiger partial charge in [-0.1, -0.05) is 18.9 Å². The van der Waals surface area contributed by atoms with Gasteiger partial charge in [0, 0.05) is 49.7 Å². The Hall–Kier alpha value is -3.28. The van der Waals surface area contributed by atoms with Gasteiger partial charge in [-0.25, -0.2) is 4.79 Å². The van der Waals surface area contributed by atoms with Gasteiger partial charge in [-0.15, -0.1) is 0 Å². The number of methoxy groups -OCH3 is 2. The Kier molecular flexibility index (Phi) is 6.72. The molecule has 0 unspecified atom stereocenters. The summed E-state index contributed by atoms with van der Waals surface area (Å²) in [5.41, 5.74) is 4.31. The number of hydrogen-bond donors (Lipinski definition) is 0. The Balaban J connectivity index is 1.62. The summed E-state index contributed by atoms with van der Waals surface area (Å²) in [6, 6.07) is 11.3. The van der Waals surface area contributed by atoms with Crippen LogP contribution in [-0.2, 0) is 18.2 Å². The quantitative estimate of drug-likeness (QED) is 0.486. The first-order valence-electron chi connectivity index (χ1n) is 11.5. The summed E-state index contributed by atoms with van der Waals surface area (Å²) in [4.78, 5) is 26.9. The summed E-state index contributed by atoms with van der Waals surface area (Å²) in [5.74, 6) is 0.933. The molecule has 0 aliphatic heterocycles. The summed E-state index contributed by atoms with van der Waals surface area (Å²) in [6.07, 6.45) is 7.70. The Bertz CT molecular complexity index is 1170. The number of amides is 1. The highest BCUT2D eigenvalue weighted by Crippen LogP contribution is 2.30. The van der Waals surface area contributed by atoms with Crippen molar-refractivity contribution >= 4 is 22.8 Å². The van der Waals surface area contributed by atoms with E-state index >= 15 is 0 Å². The van der Waals surface area contributed by atoms with Crippen molar-refractivity contribution in [2.75, 3.05) is 27.8 Å². The fraction of sp³-hybridized carbons (Fsp3) is 0.407. The number of rotatable bonds is 7. The maximum atomic E-state index is 13.1. The van der Waals surface area contributed by atoms with Gasteiger partial charge >= 0.3 is 5.97 Å². The standard InChI is InChI=1S/C27H32N2O4/c1-28-17-22(13-19-9-10-21(27(31)33-4)15-25(19)32-3)23-14-20(11-12-24(23)28)26(30)29(2)16-18-7-5-6-8-18/h9-12,14-15,17-18H,5-8,13,16H2,1-4H3. The number of benzene rings is 2. The number of carbonyl (C=O) groups is 2. The summed E-state index contributed by atoms with van der Waals surface area (Å²) >= 11 is 0. The third-order valence-corrected chi connectivity index (χ3v) is 6.76. The molecule has 6 heteroatoms. The van der Waals surface area contributed by atoms with Gasteiger partial charge in [-0.2, -0.15) is 0 Å². The summed E-state index contributed by atoms with van der Waals surface area (Å²) in [7, 11) is 6.88. The first-order valence-corrected chi connectivity index (χ1v) is 11.5. The van der Waals surface area contributed by atoms with Crippen LogP contribution in [0.5, 0.6) is 5.75 Å². The van der Waals surface area contributed by atoms with Crippen molar-refractivity contribution in [2.24, 2.45) is 13.0 Å². The molecule has 3 aromatic rings. The van der Waals surface area contributed by atoms with Crippen molar-refractivity contribution in [3.63, 3.8) is 0 Å². The molecule has 1 fully saturated rings. The van der Waals surface area contributed by atoms with Crippen LogP contribution in [0.4, 0.5) is 0 Å². The van der Waals surface area contributed by atoms with Crippen molar-refractivity contribution in [1.82, 2.24) is 9.47 Å². The number of ether oxygens (including phenoxy) is 2. The maximum Gasteiger partial charge on any atom is 0.337 e. The van der Waals surface area contributed by atoms with Gasteiger partial charge in [0.25, 0.3) is 5.91 Å². The fourth-order valence-electron chi connectivity index (χ4n) is 4.97. The van der Waals surface area contributed by atoms with Crippen LogP contribution in [0, 0.1) is 5.92 Å². The lowest BCUT2D eigenvalue weighted by Gasteiger charge is -2.21. The molecule has 0 radical (unpaired) electrons. The van der Waals surface area contributed by atoms with E-state index in [-0.39, 0.29) is 5.91 Å². The second kappa shape index (κ2) is 9.69. The van der Waals surface area contributed by atoms with Gasteiger partial charge in [0.15, 0.2) is 0 Å². The first kappa shape index (κ1) is 22.9. The minimum absolute atomic E-state index is 0.0682. The van der Waals surface area contributed by atoms with Crippen LogP contribution in [0.15, 0.2) is 42.6 Å². The number of esters is 1. The van der Waals surface area contributed by atoms with E-state index in [9.17, 15) is 9.59 Å². The lowest BCUT2D eigenvalue weighted by molar-refractivity contribution is 0.0600. The normalized spacial score (nSPS) is 13.9. The average Bonchev–Trinajstić information content (AvgIpc) is 3.45. The zero-order chi connectivity index (χ0) is 23.5. The zero-order valence-electron chi connectivity index (χ0n) is 19.9. The number of carbonyl (C=O) groups excluding carboxylic acids is 2. The molecule has 0 bridgehead atoms. The van der Waals surface area contributed by atoms with Gasteiger partial charge in [0.2, 0.25) is 0 Å². The summed E-state index contributed by atoms with van der Waals surface area (Å²) in [5, 5.41) is 1.05. The van der Waals surface area contributed by atoms with E-state index in [1.54, 1.807) is 19.2 Å². The SMILES string of the molecule is COC(=O)c1ccc(Cc2cn(C)c3ccc(C(=O)N(C)CC4CCCC4)cc23)c(OC)c1. The highest BCUT2D eigenvalue weighted by molar-refractivity contribution is 5.99. The van der Waals surface area contributed by atoms with Crippen LogP contribution in [0.2, 0.25) is 0 Å². The maximum absolute atomic E-state index is 13.1. The molecule has 2 aromatic carbocycles. The van der Waals surface area contributed by atoms with Crippen molar-refractivity contribution < 1.29 is 19.1 Å². The molecule has 0 N–H and O–H groups in total. The lowest BCUT2D eigenvalue weighted by atomic mass is 10.0.